The summed E-state index contributed by atoms with van der Waals surface area (Å²) in [5.41, 5.74) is 1.15. The van der Waals surface area contributed by atoms with E-state index in [1.807, 2.05) is 36.4 Å². The van der Waals surface area contributed by atoms with Crippen molar-refractivity contribution >= 4 is 12.0 Å². The highest BCUT2D eigenvalue weighted by atomic mass is 19.3. The van der Waals surface area contributed by atoms with Gasteiger partial charge in [-0.15, -0.1) is 0 Å². The Kier molecular flexibility index (Phi) is 5.65. The minimum atomic E-state index is -2.93. The molecular weight excluding hydrogens is 290 g/mol. The molecule has 2 aromatic carbocycles. The van der Waals surface area contributed by atoms with Crippen molar-refractivity contribution in [2.75, 3.05) is 6.61 Å². The SMILES string of the molecule is O=C(OCC=Cc1ccccc1)c1cccc(OC(F)F)c1. The van der Waals surface area contributed by atoms with E-state index in [1.165, 1.54) is 24.3 Å². The molecule has 0 aliphatic carbocycles. The molecule has 0 saturated carbocycles. The number of benzene rings is 2. The summed E-state index contributed by atoms with van der Waals surface area (Å²) in [7, 11) is 0. The van der Waals surface area contributed by atoms with Crippen LogP contribution in [0.2, 0.25) is 0 Å². The Labute approximate surface area is 126 Å². The molecule has 0 unspecified atom stereocenters. The van der Waals surface area contributed by atoms with Crippen molar-refractivity contribution in [3.8, 4) is 5.75 Å². The molecule has 0 radical (unpaired) electrons. The normalized spacial score (nSPS) is 10.9. The van der Waals surface area contributed by atoms with Crippen LogP contribution in [0.5, 0.6) is 5.75 Å². The summed E-state index contributed by atoms with van der Waals surface area (Å²) in [6.45, 7) is -2.84. The van der Waals surface area contributed by atoms with Gasteiger partial charge in [0.05, 0.1) is 5.56 Å². The van der Waals surface area contributed by atoms with Gasteiger partial charge in [-0.25, -0.2) is 4.79 Å². The summed E-state index contributed by atoms with van der Waals surface area (Å²) in [4.78, 5) is 11.8. The molecule has 0 aromatic heterocycles. The molecule has 2 aromatic rings. The fourth-order valence-electron chi connectivity index (χ4n) is 1.75. The Balaban J connectivity index is 1.88. The van der Waals surface area contributed by atoms with Gasteiger partial charge in [-0.05, 0) is 29.8 Å². The number of hydrogen-bond donors (Lipinski definition) is 0. The van der Waals surface area contributed by atoms with Crippen LogP contribution in [0.1, 0.15) is 15.9 Å². The summed E-state index contributed by atoms with van der Waals surface area (Å²) in [5.74, 6) is -0.679. The van der Waals surface area contributed by atoms with Crippen molar-refractivity contribution in [3.05, 3.63) is 71.8 Å². The van der Waals surface area contributed by atoms with Crippen molar-refractivity contribution < 1.29 is 23.0 Å². The Morgan fingerprint density at radius 2 is 1.86 bits per heavy atom. The summed E-state index contributed by atoms with van der Waals surface area (Å²) in [6, 6.07) is 15.0. The van der Waals surface area contributed by atoms with Gasteiger partial charge in [0.15, 0.2) is 0 Å². The second-order valence-corrected chi connectivity index (χ2v) is 4.32. The second-order valence-electron chi connectivity index (χ2n) is 4.32. The smallest absolute Gasteiger partial charge is 0.387 e. The summed E-state index contributed by atoms with van der Waals surface area (Å²) >= 11 is 0. The van der Waals surface area contributed by atoms with E-state index in [9.17, 15) is 13.6 Å². The third-order valence-electron chi connectivity index (χ3n) is 2.72. The van der Waals surface area contributed by atoms with Crippen LogP contribution in [-0.4, -0.2) is 19.2 Å². The highest BCUT2D eigenvalue weighted by molar-refractivity contribution is 5.89. The van der Waals surface area contributed by atoms with Gasteiger partial charge in [0.1, 0.15) is 12.4 Å². The van der Waals surface area contributed by atoms with E-state index in [4.69, 9.17) is 4.74 Å². The lowest BCUT2D eigenvalue weighted by Gasteiger charge is -2.06. The zero-order valence-electron chi connectivity index (χ0n) is 11.6. The van der Waals surface area contributed by atoms with Crippen LogP contribution in [-0.2, 0) is 4.74 Å². The number of carbonyl (C=O) groups is 1. The molecule has 0 amide bonds. The van der Waals surface area contributed by atoms with Gasteiger partial charge >= 0.3 is 12.6 Å². The number of esters is 1. The molecule has 0 fully saturated rings. The quantitative estimate of drug-likeness (QED) is 0.752. The van der Waals surface area contributed by atoms with Gasteiger partial charge in [-0.3, -0.25) is 0 Å². The van der Waals surface area contributed by atoms with Gasteiger partial charge in [0, 0.05) is 0 Å². The molecule has 0 aliphatic rings. The van der Waals surface area contributed by atoms with E-state index < -0.39 is 12.6 Å². The Morgan fingerprint density at radius 1 is 1.09 bits per heavy atom. The minimum Gasteiger partial charge on any atom is -0.458 e. The van der Waals surface area contributed by atoms with Crippen LogP contribution in [0.4, 0.5) is 8.78 Å². The van der Waals surface area contributed by atoms with Crippen LogP contribution in [0, 0.1) is 0 Å². The lowest BCUT2D eigenvalue weighted by Crippen LogP contribution is -2.07. The van der Waals surface area contributed by atoms with Crippen LogP contribution in [0.25, 0.3) is 6.08 Å². The van der Waals surface area contributed by atoms with Crippen molar-refractivity contribution in [1.29, 1.82) is 0 Å². The number of rotatable bonds is 6. The maximum absolute atomic E-state index is 12.1. The van der Waals surface area contributed by atoms with Crippen LogP contribution < -0.4 is 4.74 Å². The molecule has 114 valence electrons. The Hall–Kier alpha value is -2.69. The predicted molar refractivity (Wildman–Crippen MR) is 78.8 cm³/mol. The number of ether oxygens (including phenoxy) is 2. The summed E-state index contributed by atoms with van der Waals surface area (Å²) in [5, 5.41) is 0. The van der Waals surface area contributed by atoms with Crippen molar-refractivity contribution in [2.24, 2.45) is 0 Å². The maximum Gasteiger partial charge on any atom is 0.387 e. The average molecular weight is 304 g/mol. The average Bonchev–Trinajstić information content (AvgIpc) is 2.52. The molecule has 0 spiro atoms. The van der Waals surface area contributed by atoms with E-state index in [0.29, 0.717) is 0 Å². The first-order valence-electron chi connectivity index (χ1n) is 6.59. The number of alkyl halides is 2. The zero-order valence-corrected chi connectivity index (χ0v) is 11.6. The Bertz CT molecular complexity index is 639. The maximum atomic E-state index is 12.1. The lowest BCUT2D eigenvalue weighted by molar-refractivity contribution is -0.0499. The van der Waals surface area contributed by atoms with Gasteiger partial charge in [-0.2, -0.15) is 8.78 Å². The van der Waals surface area contributed by atoms with E-state index in [2.05, 4.69) is 4.74 Å². The first-order valence-corrected chi connectivity index (χ1v) is 6.59. The fourth-order valence-corrected chi connectivity index (χ4v) is 1.75. The highest BCUT2D eigenvalue weighted by Crippen LogP contribution is 2.16. The van der Waals surface area contributed by atoms with Crippen LogP contribution in [0.15, 0.2) is 60.7 Å². The molecule has 3 nitrogen and oxygen atoms in total. The van der Waals surface area contributed by atoms with E-state index in [0.717, 1.165) is 5.56 Å². The molecule has 22 heavy (non-hydrogen) atoms. The van der Waals surface area contributed by atoms with Gasteiger partial charge < -0.3 is 9.47 Å². The van der Waals surface area contributed by atoms with Crippen LogP contribution >= 0.6 is 0 Å². The van der Waals surface area contributed by atoms with Crippen molar-refractivity contribution in [2.45, 2.75) is 6.61 Å². The number of carbonyl (C=O) groups excluding carboxylic acids is 1. The number of hydrogen-bond acceptors (Lipinski definition) is 3. The molecule has 0 bridgehead atoms. The molecule has 5 heteroatoms. The van der Waals surface area contributed by atoms with E-state index in [-0.39, 0.29) is 17.9 Å². The van der Waals surface area contributed by atoms with Gasteiger partial charge in [0.2, 0.25) is 0 Å². The van der Waals surface area contributed by atoms with Crippen molar-refractivity contribution in [3.63, 3.8) is 0 Å². The zero-order chi connectivity index (χ0) is 15.8. The van der Waals surface area contributed by atoms with Gasteiger partial charge in [0.25, 0.3) is 0 Å². The third kappa shape index (κ3) is 5.01. The second kappa shape index (κ2) is 7.93. The first-order chi connectivity index (χ1) is 10.6. The largest absolute Gasteiger partial charge is 0.458 e. The molecule has 0 saturated heterocycles. The molecule has 0 heterocycles. The van der Waals surface area contributed by atoms with Crippen LogP contribution in [0.3, 0.4) is 0 Å². The summed E-state index contributed by atoms with van der Waals surface area (Å²) < 4.78 is 33.5. The molecule has 0 aliphatic heterocycles. The monoisotopic (exact) mass is 304 g/mol. The summed E-state index contributed by atoms with van der Waals surface area (Å²) in [6.07, 6.45) is 3.52. The molecular formula is C17H14F2O3. The molecule has 0 atom stereocenters. The third-order valence-corrected chi connectivity index (χ3v) is 2.72. The molecule has 2 rings (SSSR count). The predicted octanol–water partition coefficient (Wildman–Crippen LogP) is 4.16. The van der Waals surface area contributed by atoms with Crippen molar-refractivity contribution in [1.82, 2.24) is 0 Å². The minimum absolute atomic E-state index is 0.0794. The van der Waals surface area contributed by atoms with Gasteiger partial charge in [-0.1, -0.05) is 42.5 Å². The molecule has 0 N–H and O–H groups in total. The Morgan fingerprint density at radius 3 is 2.59 bits per heavy atom. The number of halogens is 2. The topological polar surface area (TPSA) is 35.5 Å². The lowest BCUT2D eigenvalue weighted by atomic mass is 10.2. The highest BCUT2D eigenvalue weighted by Gasteiger charge is 2.10. The van der Waals surface area contributed by atoms with E-state index >= 15 is 0 Å². The first kappa shape index (κ1) is 15.7. The van der Waals surface area contributed by atoms with E-state index in [1.54, 1.807) is 6.08 Å². The standard InChI is InChI=1S/C17H14F2O3/c18-17(19)22-15-10-4-9-14(12-15)16(20)21-11-5-8-13-6-2-1-3-7-13/h1-10,12,17H,11H2. The fraction of sp³-hybridized carbons (Fsp3) is 0.118.